The summed E-state index contributed by atoms with van der Waals surface area (Å²) in [6.07, 6.45) is -1.39. The molecule has 0 saturated heterocycles. The minimum Gasteiger partial charge on any atom is -0.294 e. The SMILES string of the molecule is Cc1nc(C(F)(F)F)ccc1C(=O)C1=CCCCC1=O. The third-order valence-electron chi connectivity index (χ3n) is 3.12. The molecule has 0 unspecified atom stereocenters. The van der Waals surface area contributed by atoms with Crippen LogP contribution in [0.1, 0.15) is 41.0 Å². The maximum Gasteiger partial charge on any atom is 0.433 e. The van der Waals surface area contributed by atoms with Crippen LogP contribution in [0.4, 0.5) is 13.2 Å². The number of hydrogen-bond donors (Lipinski definition) is 0. The van der Waals surface area contributed by atoms with Crippen molar-refractivity contribution in [1.82, 2.24) is 4.98 Å². The minimum atomic E-state index is -4.55. The number of Topliss-reactive ketones (excluding diaryl/α,β-unsaturated/α-hetero) is 2. The number of aromatic nitrogens is 1. The molecule has 0 spiro atoms. The smallest absolute Gasteiger partial charge is 0.294 e. The second kappa shape index (κ2) is 5.19. The zero-order valence-electron chi connectivity index (χ0n) is 10.8. The lowest BCUT2D eigenvalue weighted by Gasteiger charge is -2.13. The molecule has 2 rings (SSSR count). The zero-order chi connectivity index (χ0) is 14.9. The van der Waals surface area contributed by atoms with Crippen LogP contribution in [0.3, 0.4) is 0 Å². The molecule has 0 atom stereocenters. The molecule has 20 heavy (non-hydrogen) atoms. The van der Waals surface area contributed by atoms with E-state index in [1.54, 1.807) is 6.08 Å². The van der Waals surface area contributed by atoms with Gasteiger partial charge >= 0.3 is 6.18 Å². The van der Waals surface area contributed by atoms with Gasteiger partial charge in [-0.15, -0.1) is 0 Å². The molecule has 6 heteroatoms. The number of nitrogens with zero attached hydrogens (tertiary/aromatic N) is 1. The number of halogens is 3. The first-order valence-corrected chi connectivity index (χ1v) is 6.13. The van der Waals surface area contributed by atoms with Crippen molar-refractivity contribution in [3.63, 3.8) is 0 Å². The van der Waals surface area contributed by atoms with E-state index in [4.69, 9.17) is 0 Å². The summed E-state index contributed by atoms with van der Waals surface area (Å²) >= 11 is 0. The largest absolute Gasteiger partial charge is 0.433 e. The van der Waals surface area contributed by atoms with Crippen LogP contribution in [0.5, 0.6) is 0 Å². The highest BCUT2D eigenvalue weighted by atomic mass is 19.4. The van der Waals surface area contributed by atoms with E-state index in [1.165, 1.54) is 6.92 Å². The van der Waals surface area contributed by atoms with Crippen molar-refractivity contribution in [2.24, 2.45) is 0 Å². The Morgan fingerprint density at radius 3 is 2.55 bits per heavy atom. The predicted octanol–water partition coefficient (Wildman–Crippen LogP) is 3.27. The molecule has 1 aromatic heterocycles. The average molecular weight is 283 g/mol. The van der Waals surface area contributed by atoms with Gasteiger partial charge in [0.25, 0.3) is 0 Å². The van der Waals surface area contributed by atoms with Gasteiger partial charge in [0.2, 0.25) is 0 Å². The molecule has 106 valence electrons. The number of carbonyl (C=O) groups excluding carboxylic acids is 2. The van der Waals surface area contributed by atoms with Gasteiger partial charge in [0.15, 0.2) is 11.6 Å². The first kappa shape index (κ1) is 14.4. The Morgan fingerprint density at radius 2 is 2.00 bits per heavy atom. The van der Waals surface area contributed by atoms with Gasteiger partial charge in [0.05, 0.1) is 5.57 Å². The molecule has 0 bridgehead atoms. The summed E-state index contributed by atoms with van der Waals surface area (Å²) in [5, 5.41) is 0. The van der Waals surface area contributed by atoms with Crippen LogP contribution in [0, 0.1) is 6.92 Å². The summed E-state index contributed by atoms with van der Waals surface area (Å²) in [7, 11) is 0. The first-order chi connectivity index (χ1) is 9.30. The Morgan fingerprint density at radius 1 is 1.30 bits per heavy atom. The van der Waals surface area contributed by atoms with Crippen LogP contribution < -0.4 is 0 Å². The quantitative estimate of drug-likeness (QED) is 0.618. The lowest BCUT2D eigenvalue weighted by atomic mass is 9.91. The summed E-state index contributed by atoms with van der Waals surface area (Å²) in [5.74, 6) is -0.811. The number of allylic oxidation sites excluding steroid dienone is 2. The lowest BCUT2D eigenvalue weighted by molar-refractivity contribution is -0.141. The summed E-state index contributed by atoms with van der Waals surface area (Å²) in [6, 6.07) is 1.84. The van der Waals surface area contributed by atoms with E-state index in [9.17, 15) is 22.8 Å². The first-order valence-electron chi connectivity index (χ1n) is 6.13. The lowest BCUT2D eigenvalue weighted by Crippen LogP contribution is -2.18. The van der Waals surface area contributed by atoms with Crippen LogP contribution >= 0.6 is 0 Å². The van der Waals surface area contributed by atoms with Crippen molar-refractivity contribution in [2.45, 2.75) is 32.4 Å². The fourth-order valence-corrected chi connectivity index (χ4v) is 2.08. The molecule has 0 aliphatic heterocycles. The summed E-state index contributed by atoms with van der Waals surface area (Å²) < 4.78 is 37.5. The maximum atomic E-state index is 12.5. The van der Waals surface area contributed by atoms with Crippen molar-refractivity contribution >= 4 is 11.6 Å². The van der Waals surface area contributed by atoms with Crippen LogP contribution in [-0.4, -0.2) is 16.6 Å². The number of aryl methyl sites for hydroxylation is 1. The van der Waals surface area contributed by atoms with E-state index >= 15 is 0 Å². The number of alkyl halides is 3. The van der Waals surface area contributed by atoms with E-state index in [0.717, 1.165) is 12.1 Å². The number of carbonyl (C=O) groups is 2. The standard InChI is InChI=1S/C14H12F3NO2/c1-8-9(6-7-12(18-8)14(15,16)17)13(20)10-4-2-3-5-11(10)19/h4,6-7H,2-3,5H2,1H3. The van der Waals surface area contributed by atoms with Crippen molar-refractivity contribution in [3.05, 3.63) is 40.7 Å². The van der Waals surface area contributed by atoms with Gasteiger partial charge in [-0.1, -0.05) is 6.08 Å². The fraction of sp³-hybridized carbons (Fsp3) is 0.357. The number of hydrogen-bond acceptors (Lipinski definition) is 3. The van der Waals surface area contributed by atoms with E-state index in [1.807, 2.05) is 0 Å². The highest BCUT2D eigenvalue weighted by Crippen LogP contribution is 2.29. The molecule has 0 radical (unpaired) electrons. The molecule has 0 amide bonds. The summed E-state index contributed by atoms with van der Waals surface area (Å²) in [5.41, 5.74) is -0.972. The Hall–Kier alpha value is -1.98. The molecule has 0 N–H and O–H groups in total. The Balaban J connectivity index is 2.36. The molecule has 1 aliphatic rings. The van der Waals surface area contributed by atoms with Gasteiger partial charge in [-0.2, -0.15) is 13.2 Å². The number of rotatable bonds is 2. The topological polar surface area (TPSA) is 47.0 Å². The van der Waals surface area contributed by atoms with E-state index in [0.29, 0.717) is 19.3 Å². The Bertz CT molecular complexity index is 603. The van der Waals surface area contributed by atoms with Crippen molar-refractivity contribution in [2.75, 3.05) is 0 Å². The van der Waals surface area contributed by atoms with Crippen LogP contribution in [0.2, 0.25) is 0 Å². The van der Waals surface area contributed by atoms with Crippen LogP contribution in [0.15, 0.2) is 23.8 Å². The third kappa shape index (κ3) is 2.79. The average Bonchev–Trinajstić information content (AvgIpc) is 2.37. The van der Waals surface area contributed by atoms with Gasteiger partial charge in [0.1, 0.15) is 5.69 Å². The second-order valence-electron chi connectivity index (χ2n) is 4.59. The van der Waals surface area contributed by atoms with Crippen molar-refractivity contribution in [3.8, 4) is 0 Å². The predicted molar refractivity (Wildman–Crippen MR) is 65.2 cm³/mol. The maximum absolute atomic E-state index is 12.5. The van der Waals surface area contributed by atoms with E-state index < -0.39 is 17.7 Å². The van der Waals surface area contributed by atoms with Crippen molar-refractivity contribution in [1.29, 1.82) is 0 Å². The minimum absolute atomic E-state index is 0.0240. The number of pyridine rings is 1. The fourth-order valence-electron chi connectivity index (χ4n) is 2.08. The number of ketones is 2. The molecule has 1 aliphatic carbocycles. The molecule has 0 aromatic carbocycles. The van der Waals surface area contributed by atoms with Gasteiger partial charge < -0.3 is 0 Å². The van der Waals surface area contributed by atoms with Crippen LogP contribution in [0.25, 0.3) is 0 Å². The van der Waals surface area contributed by atoms with Gasteiger partial charge in [-0.05, 0) is 31.9 Å². The molecule has 3 nitrogen and oxygen atoms in total. The monoisotopic (exact) mass is 283 g/mol. The highest BCUT2D eigenvalue weighted by Gasteiger charge is 2.33. The Kier molecular flexibility index (Phi) is 3.74. The third-order valence-corrected chi connectivity index (χ3v) is 3.12. The van der Waals surface area contributed by atoms with Crippen LogP contribution in [-0.2, 0) is 11.0 Å². The van der Waals surface area contributed by atoms with Crippen molar-refractivity contribution < 1.29 is 22.8 Å². The normalized spacial score (nSPS) is 16.0. The Labute approximate surface area is 113 Å². The molecule has 0 fully saturated rings. The highest BCUT2D eigenvalue weighted by molar-refractivity contribution is 6.26. The summed E-state index contributed by atoms with van der Waals surface area (Å²) in [4.78, 5) is 27.2. The molecular formula is C14H12F3NO2. The molecule has 0 saturated carbocycles. The molecule has 1 aromatic rings. The van der Waals surface area contributed by atoms with E-state index in [-0.39, 0.29) is 22.6 Å². The molecular weight excluding hydrogens is 271 g/mol. The summed E-state index contributed by atoms with van der Waals surface area (Å²) in [6.45, 7) is 1.33. The van der Waals surface area contributed by atoms with Gasteiger partial charge in [-0.3, -0.25) is 9.59 Å². The van der Waals surface area contributed by atoms with E-state index in [2.05, 4.69) is 4.98 Å². The second-order valence-corrected chi connectivity index (χ2v) is 4.59. The molecule has 1 heterocycles. The van der Waals surface area contributed by atoms with Gasteiger partial charge in [-0.25, -0.2) is 4.98 Å². The zero-order valence-corrected chi connectivity index (χ0v) is 10.8. The van der Waals surface area contributed by atoms with Gasteiger partial charge in [0, 0.05) is 17.7 Å².